The molecule has 0 saturated carbocycles. The minimum absolute atomic E-state index is 0.180. The van der Waals surface area contributed by atoms with Gasteiger partial charge in [0.2, 0.25) is 0 Å². The average molecular weight is 228 g/mol. The van der Waals surface area contributed by atoms with Gasteiger partial charge in [-0.2, -0.15) is 0 Å². The van der Waals surface area contributed by atoms with Gasteiger partial charge in [-0.3, -0.25) is 4.90 Å². The fourth-order valence-corrected chi connectivity index (χ4v) is 1.77. The first-order valence-corrected chi connectivity index (χ1v) is 6.73. The summed E-state index contributed by atoms with van der Waals surface area (Å²) in [5, 5.41) is 0. The fraction of sp³-hybridized carbons (Fsp3) is 1.00. The average Bonchev–Trinajstić information content (AvgIpc) is 2.22. The first-order chi connectivity index (χ1) is 7.31. The van der Waals surface area contributed by atoms with Crippen LogP contribution in [0.4, 0.5) is 0 Å². The van der Waals surface area contributed by atoms with E-state index in [1.54, 1.807) is 0 Å². The Morgan fingerprint density at radius 2 is 1.56 bits per heavy atom. The Kier molecular flexibility index (Phi) is 7.25. The topological polar surface area (TPSA) is 29.3 Å². The van der Waals surface area contributed by atoms with Crippen molar-refractivity contribution in [1.82, 2.24) is 4.90 Å². The summed E-state index contributed by atoms with van der Waals surface area (Å²) >= 11 is 0. The number of hydrogen-bond acceptors (Lipinski definition) is 2. The maximum Gasteiger partial charge on any atom is 0.0300 e. The van der Waals surface area contributed by atoms with Crippen molar-refractivity contribution >= 4 is 0 Å². The first kappa shape index (κ1) is 15.9. The smallest absolute Gasteiger partial charge is 0.0300 e. The van der Waals surface area contributed by atoms with Crippen LogP contribution >= 0.6 is 0 Å². The van der Waals surface area contributed by atoms with Gasteiger partial charge in [0.25, 0.3) is 0 Å². The van der Waals surface area contributed by atoms with Crippen LogP contribution < -0.4 is 5.73 Å². The third-order valence-electron chi connectivity index (χ3n) is 3.66. The third-order valence-corrected chi connectivity index (χ3v) is 3.66. The third kappa shape index (κ3) is 5.86. The summed E-state index contributed by atoms with van der Waals surface area (Å²) in [6.45, 7) is 13.3. The molecule has 0 heterocycles. The molecule has 0 aromatic rings. The molecular weight excluding hydrogens is 196 g/mol. The summed E-state index contributed by atoms with van der Waals surface area (Å²) in [6, 6.07) is 0. The minimum Gasteiger partial charge on any atom is -0.329 e. The van der Waals surface area contributed by atoms with Crippen LogP contribution in [-0.2, 0) is 0 Å². The largest absolute Gasteiger partial charge is 0.329 e. The van der Waals surface area contributed by atoms with Gasteiger partial charge >= 0.3 is 0 Å². The maximum atomic E-state index is 5.96. The van der Waals surface area contributed by atoms with Gasteiger partial charge in [-0.25, -0.2) is 0 Å². The molecule has 2 N–H and O–H groups in total. The molecule has 16 heavy (non-hydrogen) atoms. The molecule has 0 aliphatic rings. The molecule has 0 aromatic heterocycles. The van der Waals surface area contributed by atoms with E-state index in [1.165, 1.54) is 19.3 Å². The van der Waals surface area contributed by atoms with E-state index in [0.29, 0.717) is 0 Å². The van der Waals surface area contributed by atoms with Crippen molar-refractivity contribution in [1.29, 1.82) is 0 Å². The van der Waals surface area contributed by atoms with Crippen LogP contribution in [0.25, 0.3) is 0 Å². The second kappa shape index (κ2) is 7.29. The Labute approximate surface area is 103 Å². The van der Waals surface area contributed by atoms with Crippen LogP contribution in [0.2, 0.25) is 0 Å². The predicted octanol–water partition coefficient (Wildman–Crippen LogP) is 3.12. The van der Waals surface area contributed by atoms with Crippen LogP contribution in [0.3, 0.4) is 0 Å². The monoisotopic (exact) mass is 228 g/mol. The summed E-state index contributed by atoms with van der Waals surface area (Å²) in [5.74, 6) is 1.54. The number of nitrogens with zero attached hydrogens (tertiary/aromatic N) is 1. The van der Waals surface area contributed by atoms with Gasteiger partial charge in [-0.15, -0.1) is 0 Å². The Morgan fingerprint density at radius 1 is 1.06 bits per heavy atom. The van der Waals surface area contributed by atoms with Gasteiger partial charge in [0.05, 0.1) is 0 Å². The molecule has 0 aliphatic carbocycles. The van der Waals surface area contributed by atoms with Gasteiger partial charge in [-0.05, 0) is 51.6 Å². The van der Waals surface area contributed by atoms with Crippen molar-refractivity contribution < 1.29 is 0 Å². The van der Waals surface area contributed by atoms with E-state index in [4.69, 9.17) is 5.73 Å². The Hall–Kier alpha value is -0.0800. The second-order valence-corrected chi connectivity index (χ2v) is 6.24. The molecule has 2 nitrogen and oxygen atoms in total. The van der Waals surface area contributed by atoms with Crippen molar-refractivity contribution in [2.45, 2.75) is 59.4 Å². The number of rotatable bonds is 8. The lowest BCUT2D eigenvalue weighted by Gasteiger charge is -2.39. The van der Waals surface area contributed by atoms with Crippen LogP contribution in [0.15, 0.2) is 0 Å². The normalized spacial score (nSPS) is 16.1. The van der Waals surface area contributed by atoms with E-state index < -0.39 is 0 Å². The lowest BCUT2D eigenvalue weighted by atomic mass is 9.90. The number of hydrogen-bond donors (Lipinski definition) is 1. The number of nitrogens with two attached hydrogens (primary N) is 1. The molecule has 98 valence electrons. The molecule has 0 amide bonds. The molecule has 1 atom stereocenters. The van der Waals surface area contributed by atoms with Crippen molar-refractivity contribution in [3.05, 3.63) is 0 Å². The molecule has 0 rings (SSSR count). The number of likely N-dealkylation sites (N-methyl/N-ethyl adjacent to an activating group) is 1. The van der Waals surface area contributed by atoms with E-state index in [-0.39, 0.29) is 5.54 Å². The highest BCUT2D eigenvalue weighted by atomic mass is 15.2. The van der Waals surface area contributed by atoms with Crippen LogP contribution in [0.5, 0.6) is 0 Å². The first-order valence-electron chi connectivity index (χ1n) is 6.73. The van der Waals surface area contributed by atoms with Crippen molar-refractivity contribution in [2.24, 2.45) is 17.6 Å². The van der Waals surface area contributed by atoms with Crippen LogP contribution in [-0.4, -0.2) is 30.6 Å². The standard InChI is InChI=1S/C14H32N2/c1-12(2)7-9-14(5,11-15)16(6)10-8-13(3)4/h12-13H,7-11,15H2,1-6H3. The molecule has 0 saturated heterocycles. The highest BCUT2D eigenvalue weighted by Crippen LogP contribution is 2.22. The molecule has 0 radical (unpaired) electrons. The lowest BCUT2D eigenvalue weighted by molar-refractivity contribution is 0.121. The van der Waals surface area contributed by atoms with Crippen molar-refractivity contribution in [3.63, 3.8) is 0 Å². The molecule has 1 unspecified atom stereocenters. The van der Waals surface area contributed by atoms with Gasteiger partial charge in [0, 0.05) is 12.1 Å². The summed E-state index contributed by atoms with van der Waals surface area (Å²) < 4.78 is 0. The molecule has 0 bridgehead atoms. The fourth-order valence-electron chi connectivity index (χ4n) is 1.77. The van der Waals surface area contributed by atoms with Crippen molar-refractivity contribution in [2.75, 3.05) is 20.1 Å². The zero-order valence-corrected chi connectivity index (χ0v) is 12.2. The summed E-state index contributed by atoms with van der Waals surface area (Å²) in [5.41, 5.74) is 6.14. The molecular formula is C14H32N2. The van der Waals surface area contributed by atoms with Crippen LogP contribution in [0, 0.1) is 11.8 Å². The molecule has 2 heteroatoms. The Bertz CT molecular complexity index is 178. The SMILES string of the molecule is CC(C)CCN(C)C(C)(CN)CCC(C)C. The van der Waals surface area contributed by atoms with Crippen molar-refractivity contribution in [3.8, 4) is 0 Å². The zero-order chi connectivity index (χ0) is 12.8. The Balaban J connectivity index is 4.20. The Morgan fingerprint density at radius 3 is 1.94 bits per heavy atom. The summed E-state index contributed by atoms with van der Waals surface area (Å²) in [6.07, 6.45) is 3.73. The van der Waals surface area contributed by atoms with E-state index in [2.05, 4.69) is 46.6 Å². The highest BCUT2D eigenvalue weighted by Gasteiger charge is 2.27. The minimum atomic E-state index is 0.180. The second-order valence-electron chi connectivity index (χ2n) is 6.24. The van der Waals surface area contributed by atoms with Crippen LogP contribution in [0.1, 0.15) is 53.9 Å². The quantitative estimate of drug-likeness (QED) is 0.691. The molecule has 0 aromatic carbocycles. The molecule has 0 fully saturated rings. The summed E-state index contributed by atoms with van der Waals surface area (Å²) in [7, 11) is 2.22. The van der Waals surface area contributed by atoms with E-state index in [9.17, 15) is 0 Å². The predicted molar refractivity (Wildman–Crippen MR) is 73.6 cm³/mol. The molecule has 0 spiro atoms. The zero-order valence-electron chi connectivity index (χ0n) is 12.2. The van der Waals surface area contributed by atoms with E-state index >= 15 is 0 Å². The van der Waals surface area contributed by atoms with Gasteiger partial charge < -0.3 is 5.73 Å². The molecule has 0 aliphatic heterocycles. The maximum absolute atomic E-state index is 5.96. The van der Waals surface area contributed by atoms with Gasteiger partial charge in [0.15, 0.2) is 0 Å². The highest BCUT2D eigenvalue weighted by molar-refractivity contribution is 4.85. The lowest BCUT2D eigenvalue weighted by Crippen LogP contribution is -2.50. The summed E-state index contributed by atoms with van der Waals surface area (Å²) in [4.78, 5) is 2.45. The van der Waals surface area contributed by atoms with E-state index in [0.717, 1.165) is 24.9 Å². The van der Waals surface area contributed by atoms with Gasteiger partial charge in [0.1, 0.15) is 0 Å². The van der Waals surface area contributed by atoms with Gasteiger partial charge in [-0.1, -0.05) is 27.7 Å². The van der Waals surface area contributed by atoms with E-state index in [1.807, 2.05) is 0 Å².